The van der Waals surface area contributed by atoms with Crippen molar-refractivity contribution in [3.63, 3.8) is 0 Å². The van der Waals surface area contributed by atoms with Crippen LogP contribution in [0.5, 0.6) is 28.7 Å². The van der Waals surface area contributed by atoms with E-state index in [2.05, 4.69) is 0 Å². The molecule has 3 aromatic carbocycles. The van der Waals surface area contributed by atoms with Crippen LogP contribution in [-0.2, 0) is 10.0 Å². The molecular formula is C26H29N3O7S. The molecule has 1 atom stereocenters. The Hall–Kier alpha value is -3.96. The molecule has 11 heteroatoms. The van der Waals surface area contributed by atoms with Crippen LogP contribution in [0.15, 0.2) is 64.6 Å². The van der Waals surface area contributed by atoms with Crippen LogP contribution in [0, 0.1) is 0 Å². The van der Waals surface area contributed by atoms with Gasteiger partial charge in [-0.25, -0.2) is 13.6 Å². The fourth-order valence-electron chi connectivity index (χ4n) is 4.29. The summed E-state index contributed by atoms with van der Waals surface area (Å²) in [5.74, 6) is 2.81. The summed E-state index contributed by atoms with van der Waals surface area (Å²) in [7, 11) is 4.02. The number of nitrogens with two attached hydrogens (primary N) is 1. The average molecular weight is 528 g/mol. The third kappa shape index (κ3) is 5.13. The van der Waals surface area contributed by atoms with Crippen LogP contribution in [0.3, 0.4) is 0 Å². The topological polar surface area (TPSA) is 122 Å². The first kappa shape index (κ1) is 26.1. The molecular weight excluding hydrogens is 498 g/mol. The van der Waals surface area contributed by atoms with Crippen molar-refractivity contribution in [3.8, 4) is 28.7 Å². The van der Waals surface area contributed by atoms with Crippen molar-refractivity contribution >= 4 is 21.4 Å². The Morgan fingerprint density at radius 3 is 1.95 bits per heavy atom. The Balaban J connectivity index is 1.86. The van der Waals surface area contributed by atoms with E-state index in [1.54, 1.807) is 47.7 Å². The van der Waals surface area contributed by atoms with Crippen molar-refractivity contribution < 1.29 is 32.1 Å². The van der Waals surface area contributed by atoms with Gasteiger partial charge in [0.05, 0.1) is 57.9 Å². The summed E-state index contributed by atoms with van der Waals surface area (Å²) in [6, 6.07) is 15.2. The van der Waals surface area contributed by atoms with Gasteiger partial charge >= 0.3 is 0 Å². The van der Waals surface area contributed by atoms with E-state index in [0.717, 1.165) is 16.8 Å². The van der Waals surface area contributed by atoms with E-state index in [0.29, 0.717) is 40.9 Å². The summed E-state index contributed by atoms with van der Waals surface area (Å²) in [6.45, 7) is 0. The van der Waals surface area contributed by atoms with Gasteiger partial charge in [-0.3, -0.25) is 5.01 Å². The number of benzene rings is 3. The minimum atomic E-state index is -3.84. The molecule has 4 rings (SSSR count). The molecule has 1 heterocycles. The highest BCUT2D eigenvalue weighted by molar-refractivity contribution is 7.89. The maximum Gasteiger partial charge on any atom is 0.238 e. The maximum absolute atomic E-state index is 11.8. The molecule has 37 heavy (non-hydrogen) atoms. The highest BCUT2D eigenvalue weighted by Gasteiger charge is 2.33. The molecule has 1 aliphatic heterocycles. The van der Waals surface area contributed by atoms with E-state index < -0.39 is 10.0 Å². The fourth-order valence-corrected chi connectivity index (χ4v) is 4.81. The zero-order valence-electron chi connectivity index (χ0n) is 21.2. The van der Waals surface area contributed by atoms with Crippen LogP contribution in [0.2, 0.25) is 0 Å². The summed E-state index contributed by atoms with van der Waals surface area (Å²) in [6.07, 6.45) is 0.499. The molecule has 0 aliphatic carbocycles. The van der Waals surface area contributed by atoms with Gasteiger partial charge in [-0.1, -0.05) is 0 Å². The summed E-state index contributed by atoms with van der Waals surface area (Å²) in [5, 5.41) is 12.1. The number of rotatable bonds is 9. The van der Waals surface area contributed by atoms with Crippen LogP contribution in [0.1, 0.15) is 23.6 Å². The largest absolute Gasteiger partial charge is 0.497 e. The van der Waals surface area contributed by atoms with E-state index in [4.69, 9.17) is 33.9 Å². The van der Waals surface area contributed by atoms with E-state index >= 15 is 0 Å². The number of primary sulfonamides is 1. The monoisotopic (exact) mass is 527 g/mol. The second-order valence-electron chi connectivity index (χ2n) is 8.17. The second kappa shape index (κ2) is 10.6. The Kier molecular flexibility index (Phi) is 7.46. The number of hydrogen-bond acceptors (Lipinski definition) is 9. The van der Waals surface area contributed by atoms with Gasteiger partial charge in [0.2, 0.25) is 15.8 Å². The van der Waals surface area contributed by atoms with Gasteiger partial charge in [-0.2, -0.15) is 5.10 Å². The van der Waals surface area contributed by atoms with Gasteiger partial charge in [0, 0.05) is 12.0 Å². The number of anilines is 1. The quantitative estimate of drug-likeness (QED) is 0.447. The molecule has 2 N–H and O–H groups in total. The Morgan fingerprint density at radius 1 is 0.811 bits per heavy atom. The van der Waals surface area contributed by atoms with Crippen molar-refractivity contribution in [1.82, 2.24) is 0 Å². The molecule has 0 saturated heterocycles. The lowest BCUT2D eigenvalue weighted by molar-refractivity contribution is 0.323. The molecule has 1 aliphatic rings. The van der Waals surface area contributed by atoms with E-state index in [9.17, 15) is 8.42 Å². The number of hydrazone groups is 1. The lowest BCUT2D eigenvalue weighted by Crippen LogP contribution is -2.19. The van der Waals surface area contributed by atoms with Gasteiger partial charge < -0.3 is 23.7 Å². The molecule has 196 valence electrons. The Bertz CT molecular complexity index is 1400. The molecule has 0 bridgehead atoms. The van der Waals surface area contributed by atoms with Crippen LogP contribution < -0.4 is 33.8 Å². The minimum absolute atomic E-state index is 0.0125. The fraction of sp³-hybridized carbons (Fsp3) is 0.269. The third-order valence-corrected chi connectivity index (χ3v) is 7.06. The zero-order valence-corrected chi connectivity index (χ0v) is 22.0. The van der Waals surface area contributed by atoms with Crippen molar-refractivity contribution in [2.75, 3.05) is 40.6 Å². The van der Waals surface area contributed by atoms with Crippen LogP contribution in [-0.4, -0.2) is 49.7 Å². The Labute approximate surface area is 216 Å². The SMILES string of the molecule is COc1ccc(OC)c(C2=NN(c3ccc(S(N)(=O)=O)cc3)C(c3cc(OC)c(OC)c(OC)c3)C2)c1. The lowest BCUT2D eigenvalue weighted by atomic mass is 9.96. The van der Waals surface area contributed by atoms with Crippen LogP contribution >= 0.6 is 0 Å². The maximum atomic E-state index is 11.8. The van der Waals surface area contributed by atoms with E-state index in [1.807, 2.05) is 35.3 Å². The molecule has 0 radical (unpaired) electrons. The van der Waals surface area contributed by atoms with E-state index in [-0.39, 0.29) is 10.9 Å². The first-order valence-corrected chi connectivity index (χ1v) is 12.8. The first-order valence-electron chi connectivity index (χ1n) is 11.3. The number of hydrogen-bond donors (Lipinski definition) is 1. The van der Waals surface area contributed by atoms with Gasteiger partial charge in [-0.15, -0.1) is 0 Å². The van der Waals surface area contributed by atoms with Crippen molar-refractivity contribution in [2.45, 2.75) is 17.4 Å². The lowest BCUT2D eigenvalue weighted by Gasteiger charge is -2.25. The number of methoxy groups -OCH3 is 5. The number of ether oxygens (including phenoxy) is 5. The molecule has 0 fully saturated rings. The van der Waals surface area contributed by atoms with Gasteiger partial charge in [-0.05, 0) is 60.2 Å². The summed E-state index contributed by atoms with van der Waals surface area (Å²) >= 11 is 0. The molecule has 0 amide bonds. The Morgan fingerprint density at radius 2 is 1.43 bits per heavy atom. The zero-order chi connectivity index (χ0) is 26.7. The molecule has 0 spiro atoms. The molecule has 0 saturated carbocycles. The van der Waals surface area contributed by atoms with Crippen LogP contribution in [0.4, 0.5) is 5.69 Å². The van der Waals surface area contributed by atoms with Gasteiger partial charge in [0.1, 0.15) is 11.5 Å². The summed E-state index contributed by atoms with van der Waals surface area (Å²) < 4.78 is 51.2. The average Bonchev–Trinajstić information content (AvgIpc) is 3.36. The van der Waals surface area contributed by atoms with Crippen LogP contribution in [0.25, 0.3) is 0 Å². The van der Waals surface area contributed by atoms with Crippen molar-refractivity contribution in [1.29, 1.82) is 0 Å². The third-order valence-electron chi connectivity index (χ3n) is 6.13. The van der Waals surface area contributed by atoms with Crippen molar-refractivity contribution in [2.24, 2.45) is 10.2 Å². The predicted octanol–water partition coefficient (Wildman–Crippen LogP) is 3.73. The number of nitrogens with zero attached hydrogens (tertiary/aromatic N) is 2. The summed E-state index contributed by atoms with van der Waals surface area (Å²) in [4.78, 5) is 0.0125. The van der Waals surface area contributed by atoms with Gasteiger partial charge in [0.25, 0.3) is 0 Å². The van der Waals surface area contributed by atoms with E-state index in [1.165, 1.54) is 12.1 Å². The summed E-state index contributed by atoms with van der Waals surface area (Å²) in [5.41, 5.74) is 3.06. The predicted molar refractivity (Wildman–Crippen MR) is 140 cm³/mol. The second-order valence-corrected chi connectivity index (χ2v) is 9.74. The highest BCUT2D eigenvalue weighted by Crippen LogP contribution is 2.45. The highest BCUT2D eigenvalue weighted by atomic mass is 32.2. The first-order chi connectivity index (χ1) is 17.7. The van der Waals surface area contributed by atoms with Gasteiger partial charge in [0.15, 0.2) is 11.5 Å². The normalized spacial score (nSPS) is 15.2. The molecule has 1 unspecified atom stereocenters. The minimum Gasteiger partial charge on any atom is -0.497 e. The molecule has 3 aromatic rings. The molecule has 10 nitrogen and oxygen atoms in total. The number of sulfonamides is 1. The smallest absolute Gasteiger partial charge is 0.238 e. The van der Waals surface area contributed by atoms with Crippen molar-refractivity contribution in [3.05, 3.63) is 65.7 Å². The molecule has 0 aromatic heterocycles. The standard InChI is InChI=1S/C26H29N3O7S/c1-32-18-8-11-23(33-2)20(14-18)21-15-22(16-12-24(34-3)26(36-5)25(13-16)35-4)29(28-21)17-6-9-19(10-7-17)37(27,30)31/h6-14,22H,15H2,1-5H3,(H2,27,30,31).